The Balaban J connectivity index is 1.55. The summed E-state index contributed by atoms with van der Waals surface area (Å²) in [6.07, 6.45) is 3.98. The number of hydrogen-bond donors (Lipinski definition) is 2. The van der Waals surface area contributed by atoms with Crippen molar-refractivity contribution in [2.24, 2.45) is 0 Å². The van der Waals surface area contributed by atoms with Gasteiger partial charge in [0, 0.05) is 39.0 Å². The van der Waals surface area contributed by atoms with Crippen molar-refractivity contribution in [2.45, 2.75) is 30.6 Å². The van der Waals surface area contributed by atoms with Gasteiger partial charge >= 0.3 is 0 Å². The van der Waals surface area contributed by atoms with Gasteiger partial charge in [-0.1, -0.05) is 11.6 Å². The summed E-state index contributed by atoms with van der Waals surface area (Å²) in [7, 11) is -3.81. The van der Waals surface area contributed by atoms with E-state index in [0.29, 0.717) is 32.4 Å². The zero-order valence-electron chi connectivity index (χ0n) is 16.4. The smallest absolute Gasteiger partial charge is 0.252 e. The van der Waals surface area contributed by atoms with Crippen molar-refractivity contribution < 1.29 is 22.4 Å². The number of benzene rings is 1. The van der Waals surface area contributed by atoms with Gasteiger partial charge in [0.05, 0.1) is 21.7 Å². The number of sulfonamides is 1. The molecule has 0 unspecified atom stereocenters. The minimum absolute atomic E-state index is 0.0414. The van der Waals surface area contributed by atoms with Crippen LogP contribution in [-0.4, -0.2) is 51.3 Å². The molecule has 0 saturated carbocycles. The van der Waals surface area contributed by atoms with Crippen molar-refractivity contribution in [3.63, 3.8) is 0 Å². The molecule has 1 aliphatic rings. The topological polar surface area (TPSA) is 109 Å². The van der Waals surface area contributed by atoms with Crippen molar-refractivity contribution in [2.75, 3.05) is 26.2 Å². The van der Waals surface area contributed by atoms with E-state index in [-0.39, 0.29) is 27.9 Å². The molecule has 0 radical (unpaired) electrons. The van der Waals surface area contributed by atoms with E-state index < -0.39 is 15.9 Å². The lowest BCUT2D eigenvalue weighted by molar-refractivity contribution is -0.127. The van der Waals surface area contributed by atoms with Crippen LogP contribution in [0.25, 0.3) is 0 Å². The highest BCUT2D eigenvalue weighted by molar-refractivity contribution is 7.89. The van der Waals surface area contributed by atoms with Crippen LogP contribution >= 0.6 is 11.6 Å². The number of amides is 2. The summed E-state index contributed by atoms with van der Waals surface area (Å²) < 4.78 is 32.9. The van der Waals surface area contributed by atoms with Gasteiger partial charge in [-0.05, 0) is 43.2 Å². The van der Waals surface area contributed by atoms with Crippen molar-refractivity contribution in [3.05, 3.63) is 52.9 Å². The fraction of sp³-hybridized carbons (Fsp3) is 0.400. The fourth-order valence-corrected chi connectivity index (χ4v) is 4.50. The van der Waals surface area contributed by atoms with Crippen molar-refractivity contribution >= 4 is 33.4 Å². The highest BCUT2D eigenvalue weighted by Crippen LogP contribution is 2.20. The van der Waals surface area contributed by atoms with Gasteiger partial charge in [-0.2, -0.15) is 0 Å². The van der Waals surface area contributed by atoms with E-state index in [2.05, 4.69) is 10.0 Å². The number of nitrogens with one attached hydrogen (secondary N) is 2. The average molecular weight is 454 g/mol. The van der Waals surface area contributed by atoms with Crippen LogP contribution < -0.4 is 10.0 Å². The van der Waals surface area contributed by atoms with Crippen LogP contribution in [0.2, 0.25) is 5.02 Å². The fourth-order valence-electron chi connectivity index (χ4n) is 3.20. The number of likely N-dealkylation sites (tertiary alicyclic amines) is 1. The molecule has 8 nitrogen and oxygen atoms in total. The quantitative estimate of drug-likeness (QED) is 0.536. The second kappa shape index (κ2) is 10.1. The molecule has 2 heterocycles. The van der Waals surface area contributed by atoms with E-state index in [9.17, 15) is 18.0 Å². The van der Waals surface area contributed by atoms with E-state index in [1.165, 1.54) is 18.2 Å². The third-order valence-electron chi connectivity index (χ3n) is 4.80. The maximum Gasteiger partial charge on any atom is 0.252 e. The Labute approximate surface area is 180 Å². The summed E-state index contributed by atoms with van der Waals surface area (Å²) in [6.45, 7) is 1.76. The van der Waals surface area contributed by atoms with E-state index in [0.717, 1.165) is 18.7 Å². The van der Waals surface area contributed by atoms with Crippen LogP contribution in [0.4, 0.5) is 0 Å². The van der Waals surface area contributed by atoms with Crippen molar-refractivity contribution in [3.8, 4) is 0 Å². The summed E-state index contributed by atoms with van der Waals surface area (Å²) in [5, 5.41) is 2.87. The maximum atomic E-state index is 12.6. The predicted octanol–water partition coefficient (Wildman–Crippen LogP) is 2.20. The summed E-state index contributed by atoms with van der Waals surface area (Å²) in [5.74, 6) is 0.381. The Hall–Kier alpha value is -2.36. The molecule has 2 amide bonds. The molecule has 0 atom stereocenters. The van der Waals surface area contributed by atoms with Gasteiger partial charge in [0.2, 0.25) is 15.9 Å². The molecule has 1 aromatic heterocycles. The first-order chi connectivity index (χ1) is 14.4. The lowest BCUT2D eigenvalue weighted by atomic mass is 10.2. The highest BCUT2D eigenvalue weighted by atomic mass is 35.5. The molecule has 2 aromatic rings. The molecular weight excluding hydrogens is 430 g/mol. The molecule has 1 saturated heterocycles. The van der Waals surface area contributed by atoms with Gasteiger partial charge in [-0.3, -0.25) is 9.59 Å². The monoisotopic (exact) mass is 453 g/mol. The number of hydrogen-bond acceptors (Lipinski definition) is 5. The number of carbonyl (C=O) groups is 2. The molecule has 1 fully saturated rings. The predicted molar refractivity (Wildman–Crippen MR) is 112 cm³/mol. The zero-order valence-corrected chi connectivity index (χ0v) is 18.0. The van der Waals surface area contributed by atoms with Crippen molar-refractivity contribution in [1.82, 2.24) is 14.9 Å². The molecule has 10 heteroatoms. The molecule has 3 rings (SSSR count). The number of nitrogens with zero attached hydrogens (tertiary/aromatic N) is 1. The SMILES string of the molecule is O=C(NCCc1ccco1)c1cc(S(=O)(=O)NCCCN2CCCC2=O)ccc1Cl. The number of carbonyl (C=O) groups excluding carboxylic acids is 2. The molecule has 0 aliphatic carbocycles. The largest absolute Gasteiger partial charge is 0.469 e. The van der Waals surface area contributed by atoms with Crippen LogP contribution in [-0.2, 0) is 21.2 Å². The molecule has 2 N–H and O–H groups in total. The van der Waals surface area contributed by atoms with Gasteiger partial charge in [-0.25, -0.2) is 13.1 Å². The minimum Gasteiger partial charge on any atom is -0.469 e. The second-order valence-corrected chi connectivity index (χ2v) is 9.14. The van der Waals surface area contributed by atoms with Gasteiger partial charge in [-0.15, -0.1) is 0 Å². The second-order valence-electron chi connectivity index (χ2n) is 6.96. The number of rotatable bonds is 10. The van der Waals surface area contributed by atoms with Gasteiger partial charge in [0.15, 0.2) is 0 Å². The molecule has 1 aliphatic heterocycles. The van der Waals surface area contributed by atoms with Crippen LogP contribution in [0, 0.1) is 0 Å². The molecule has 0 bridgehead atoms. The Kier molecular flexibility index (Phi) is 7.52. The molecule has 0 spiro atoms. The standard InChI is InChI=1S/C20H24ClN3O5S/c21-18-7-6-16(14-17(18)20(26)22-10-8-15-4-2-13-29-15)30(27,28)23-9-3-12-24-11-1-5-19(24)25/h2,4,6-7,13-14,23H,1,3,5,8-12H2,(H,22,26). The van der Waals surface area contributed by atoms with Crippen molar-refractivity contribution in [1.29, 1.82) is 0 Å². The van der Waals surface area contributed by atoms with E-state index >= 15 is 0 Å². The summed E-state index contributed by atoms with van der Waals surface area (Å²) in [4.78, 5) is 25.7. The summed E-state index contributed by atoms with van der Waals surface area (Å²) in [6, 6.07) is 7.57. The van der Waals surface area contributed by atoms with Gasteiger partial charge in [0.1, 0.15) is 5.76 Å². The third-order valence-corrected chi connectivity index (χ3v) is 6.59. The van der Waals surface area contributed by atoms with Crippen LogP contribution in [0.1, 0.15) is 35.4 Å². The van der Waals surface area contributed by atoms with Crippen LogP contribution in [0.15, 0.2) is 45.9 Å². The Morgan fingerprint density at radius 1 is 1.23 bits per heavy atom. The first kappa shape index (κ1) is 22.3. The van der Waals surface area contributed by atoms with Crippen LogP contribution in [0.5, 0.6) is 0 Å². The summed E-state index contributed by atoms with van der Waals surface area (Å²) in [5.41, 5.74) is 0.0849. The third kappa shape index (κ3) is 5.84. The maximum absolute atomic E-state index is 12.6. The lowest BCUT2D eigenvalue weighted by Crippen LogP contribution is -2.31. The Morgan fingerprint density at radius 2 is 2.07 bits per heavy atom. The van der Waals surface area contributed by atoms with E-state index in [1.54, 1.807) is 23.3 Å². The molecular formula is C20H24ClN3O5S. The van der Waals surface area contributed by atoms with Crippen LogP contribution in [0.3, 0.4) is 0 Å². The first-order valence-corrected chi connectivity index (χ1v) is 11.6. The Morgan fingerprint density at radius 3 is 2.77 bits per heavy atom. The first-order valence-electron chi connectivity index (χ1n) is 9.74. The molecule has 162 valence electrons. The van der Waals surface area contributed by atoms with E-state index in [4.69, 9.17) is 16.0 Å². The normalized spacial score (nSPS) is 14.3. The molecule has 30 heavy (non-hydrogen) atoms. The number of halogens is 1. The van der Waals surface area contributed by atoms with Gasteiger partial charge in [0.25, 0.3) is 5.91 Å². The lowest BCUT2D eigenvalue weighted by Gasteiger charge is -2.15. The molecule has 1 aromatic carbocycles. The zero-order chi connectivity index (χ0) is 21.6. The average Bonchev–Trinajstić information content (AvgIpc) is 3.37. The Bertz CT molecular complexity index is 992. The van der Waals surface area contributed by atoms with Gasteiger partial charge < -0.3 is 14.6 Å². The number of furan rings is 1. The van der Waals surface area contributed by atoms with E-state index in [1.807, 2.05) is 0 Å². The minimum atomic E-state index is -3.81. The summed E-state index contributed by atoms with van der Waals surface area (Å²) >= 11 is 6.10. The highest BCUT2D eigenvalue weighted by Gasteiger charge is 2.21.